The van der Waals surface area contributed by atoms with Crippen LogP contribution in [0.25, 0.3) is 21.9 Å². The van der Waals surface area contributed by atoms with Crippen molar-refractivity contribution in [2.24, 2.45) is 0 Å². The average Bonchev–Trinajstić information content (AvgIpc) is 3.12. The fourth-order valence-electron chi connectivity index (χ4n) is 3.88. The van der Waals surface area contributed by atoms with Crippen LogP contribution in [0.4, 0.5) is 4.39 Å². The lowest BCUT2D eigenvalue weighted by Gasteiger charge is -2.14. The van der Waals surface area contributed by atoms with Gasteiger partial charge in [0.15, 0.2) is 11.6 Å². The fourth-order valence-corrected chi connectivity index (χ4v) is 4.92. The highest BCUT2D eigenvalue weighted by Crippen LogP contribution is 2.41. The van der Waals surface area contributed by atoms with Gasteiger partial charge in [0.1, 0.15) is 5.75 Å². The molecule has 2 aromatic heterocycles. The normalized spacial score (nSPS) is 13.2. The van der Waals surface area contributed by atoms with Crippen LogP contribution in [0.15, 0.2) is 85.1 Å². The zero-order valence-electron chi connectivity index (χ0n) is 17.7. The van der Waals surface area contributed by atoms with E-state index < -0.39 is 13.4 Å². The van der Waals surface area contributed by atoms with E-state index in [9.17, 15) is 13.8 Å². The standard InChI is InChI=1S/C25H20FN2O4P/c1-31-24-14-20-23(15-21(24)26)28(22-8-5-13-27-25(20)22)16-17-9-11-19(12-10-17)33(29,30)32-18-6-3-2-4-7-18/h2-15H,16H2,1H3,(H,29,30). The van der Waals surface area contributed by atoms with Crippen molar-refractivity contribution in [3.63, 3.8) is 0 Å². The monoisotopic (exact) mass is 462 g/mol. The van der Waals surface area contributed by atoms with Crippen LogP contribution in [0, 0.1) is 5.82 Å². The number of ether oxygens (including phenoxy) is 1. The smallest absolute Gasteiger partial charge is 0.408 e. The average molecular weight is 462 g/mol. The van der Waals surface area contributed by atoms with Gasteiger partial charge in [-0.3, -0.25) is 4.98 Å². The van der Waals surface area contributed by atoms with Crippen molar-refractivity contribution >= 4 is 34.8 Å². The van der Waals surface area contributed by atoms with Gasteiger partial charge >= 0.3 is 7.60 Å². The van der Waals surface area contributed by atoms with E-state index in [0.717, 1.165) is 22.0 Å². The molecule has 0 bridgehead atoms. The second-order valence-corrected chi connectivity index (χ2v) is 9.29. The van der Waals surface area contributed by atoms with Crippen LogP contribution in [-0.2, 0) is 11.1 Å². The second kappa shape index (κ2) is 8.35. The van der Waals surface area contributed by atoms with Crippen LogP contribution in [-0.4, -0.2) is 21.6 Å². The van der Waals surface area contributed by atoms with Gasteiger partial charge < -0.3 is 18.7 Å². The Morgan fingerprint density at radius 2 is 1.76 bits per heavy atom. The number of fused-ring (bicyclic) bond motifs is 3. The lowest BCUT2D eigenvalue weighted by molar-refractivity contribution is 0.387. The van der Waals surface area contributed by atoms with Gasteiger partial charge in [-0.25, -0.2) is 8.96 Å². The van der Waals surface area contributed by atoms with Gasteiger partial charge in [-0.1, -0.05) is 30.3 Å². The predicted octanol–water partition coefficient (Wildman–Crippen LogP) is 5.28. The van der Waals surface area contributed by atoms with Crippen LogP contribution >= 0.6 is 7.60 Å². The van der Waals surface area contributed by atoms with Crippen molar-refractivity contribution in [3.8, 4) is 11.5 Å². The Bertz CT molecular complexity index is 1500. The Hall–Kier alpha value is -3.67. The number of halogens is 1. The van der Waals surface area contributed by atoms with E-state index in [1.165, 1.54) is 13.2 Å². The highest BCUT2D eigenvalue weighted by Gasteiger charge is 2.24. The SMILES string of the molecule is COc1cc2c3ncccc3n(Cc3ccc(P(=O)(O)Oc4ccccc4)cc3)c2cc1F. The van der Waals surface area contributed by atoms with E-state index in [1.807, 2.05) is 16.7 Å². The third-order valence-electron chi connectivity index (χ3n) is 5.47. The minimum absolute atomic E-state index is 0.161. The molecule has 0 saturated carbocycles. The summed E-state index contributed by atoms with van der Waals surface area (Å²) in [5, 5.41) is 0.978. The summed E-state index contributed by atoms with van der Waals surface area (Å²) in [6.07, 6.45) is 1.70. The van der Waals surface area contributed by atoms with Crippen molar-refractivity contribution < 1.29 is 23.1 Å². The summed E-state index contributed by atoms with van der Waals surface area (Å²) < 4.78 is 39.7. The van der Waals surface area contributed by atoms with Crippen molar-refractivity contribution in [1.29, 1.82) is 0 Å². The number of methoxy groups -OCH3 is 1. The highest BCUT2D eigenvalue weighted by molar-refractivity contribution is 7.61. The molecule has 0 amide bonds. The molecule has 0 aliphatic heterocycles. The lowest BCUT2D eigenvalue weighted by atomic mass is 10.2. The topological polar surface area (TPSA) is 73.6 Å². The summed E-state index contributed by atoms with van der Waals surface area (Å²) in [6.45, 7) is 0.424. The zero-order valence-corrected chi connectivity index (χ0v) is 18.6. The molecule has 5 rings (SSSR count). The van der Waals surface area contributed by atoms with Crippen molar-refractivity contribution in [3.05, 3.63) is 96.4 Å². The molecule has 1 N–H and O–H groups in total. The molecule has 3 aromatic carbocycles. The molecule has 2 heterocycles. The van der Waals surface area contributed by atoms with Gasteiger partial charge in [-0.2, -0.15) is 0 Å². The van der Waals surface area contributed by atoms with E-state index in [1.54, 1.807) is 66.9 Å². The van der Waals surface area contributed by atoms with Gasteiger partial charge in [0.25, 0.3) is 0 Å². The number of benzene rings is 3. The number of hydrogen-bond acceptors (Lipinski definition) is 4. The van der Waals surface area contributed by atoms with Crippen molar-refractivity contribution in [1.82, 2.24) is 9.55 Å². The minimum Gasteiger partial charge on any atom is -0.494 e. The highest BCUT2D eigenvalue weighted by atomic mass is 31.2. The van der Waals surface area contributed by atoms with Crippen LogP contribution < -0.4 is 14.6 Å². The van der Waals surface area contributed by atoms with Crippen molar-refractivity contribution in [2.45, 2.75) is 6.54 Å². The summed E-state index contributed by atoms with van der Waals surface area (Å²) in [6, 6.07) is 22.1. The van der Waals surface area contributed by atoms with Crippen molar-refractivity contribution in [2.75, 3.05) is 7.11 Å². The Morgan fingerprint density at radius 3 is 2.48 bits per heavy atom. The molecule has 0 spiro atoms. The van der Waals surface area contributed by atoms with E-state index in [2.05, 4.69) is 4.98 Å². The van der Waals surface area contributed by atoms with Gasteiger partial charge in [0.05, 0.1) is 29.0 Å². The van der Waals surface area contributed by atoms with Gasteiger partial charge in [0.2, 0.25) is 0 Å². The molecule has 1 unspecified atom stereocenters. The number of para-hydroxylation sites is 1. The first kappa shape index (κ1) is 21.2. The number of rotatable bonds is 6. The quantitative estimate of drug-likeness (QED) is 0.348. The number of pyridine rings is 1. The molecule has 5 aromatic rings. The molecule has 33 heavy (non-hydrogen) atoms. The third-order valence-corrected chi connectivity index (χ3v) is 6.88. The first-order valence-electron chi connectivity index (χ1n) is 10.2. The summed E-state index contributed by atoms with van der Waals surface area (Å²) in [7, 11) is -2.60. The first-order valence-corrected chi connectivity index (χ1v) is 11.8. The molecule has 0 fully saturated rings. The summed E-state index contributed by atoms with van der Waals surface area (Å²) in [4.78, 5) is 14.9. The van der Waals surface area contributed by atoms with E-state index in [0.29, 0.717) is 17.8 Å². The number of aromatic nitrogens is 2. The molecular weight excluding hydrogens is 442 g/mol. The molecule has 0 aliphatic carbocycles. The number of nitrogens with zero attached hydrogens (tertiary/aromatic N) is 2. The Labute approximate surface area is 189 Å². The Kier molecular flexibility index (Phi) is 5.36. The van der Waals surface area contributed by atoms with Crippen LogP contribution in [0.1, 0.15) is 5.56 Å². The van der Waals surface area contributed by atoms with Gasteiger partial charge in [-0.05, 0) is 48.0 Å². The second-order valence-electron chi connectivity index (χ2n) is 7.55. The summed E-state index contributed by atoms with van der Waals surface area (Å²) >= 11 is 0. The van der Waals surface area contributed by atoms with E-state index in [4.69, 9.17) is 9.26 Å². The summed E-state index contributed by atoms with van der Waals surface area (Å²) in [5.41, 5.74) is 3.16. The maximum atomic E-state index is 14.5. The molecule has 0 radical (unpaired) electrons. The number of hydrogen-bond donors (Lipinski definition) is 1. The molecule has 8 heteroatoms. The molecular formula is C25H20FN2O4P. The van der Waals surface area contributed by atoms with Crippen LogP contribution in [0.5, 0.6) is 11.5 Å². The Balaban J connectivity index is 1.50. The van der Waals surface area contributed by atoms with E-state index >= 15 is 0 Å². The van der Waals surface area contributed by atoms with Gasteiger partial charge in [0, 0.05) is 24.2 Å². The van der Waals surface area contributed by atoms with Gasteiger partial charge in [-0.15, -0.1) is 0 Å². The van der Waals surface area contributed by atoms with E-state index in [-0.39, 0.29) is 11.1 Å². The molecule has 166 valence electrons. The lowest BCUT2D eigenvalue weighted by Crippen LogP contribution is -2.10. The van der Waals surface area contributed by atoms with Crippen LogP contribution in [0.2, 0.25) is 0 Å². The zero-order chi connectivity index (χ0) is 23.0. The third kappa shape index (κ3) is 3.97. The molecule has 0 saturated heterocycles. The van der Waals surface area contributed by atoms with Crippen LogP contribution in [0.3, 0.4) is 0 Å². The molecule has 1 atom stereocenters. The molecule has 6 nitrogen and oxygen atoms in total. The maximum Gasteiger partial charge on any atom is 0.408 e. The molecule has 0 aliphatic rings. The Morgan fingerprint density at radius 1 is 1.00 bits per heavy atom. The maximum absolute atomic E-state index is 14.5. The predicted molar refractivity (Wildman–Crippen MR) is 126 cm³/mol. The fraction of sp³-hybridized carbons (Fsp3) is 0.0800. The summed E-state index contributed by atoms with van der Waals surface area (Å²) in [5.74, 6) is 0.0278. The largest absolute Gasteiger partial charge is 0.494 e. The first-order chi connectivity index (χ1) is 16.0. The minimum atomic E-state index is -4.03.